The molecule has 0 aromatic rings. The minimum Gasteiger partial charge on any atom is -0.299 e. The van der Waals surface area contributed by atoms with E-state index in [2.05, 4.69) is 33.4 Å². The first-order valence-corrected chi connectivity index (χ1v) is 9.34. The van der Waals surface area contributed by atoms with Gasteiger partial charge in [-0.25, -0.2) is 0 Å². The van der Waals surface area contributed by atoms with Crippen LogP contribution in [-0.4, -0.2) is 15.6 Å². The van der Waals surface area contributed by atoms with Gasteiger partial charge in [-0.15, -0.1) is 6.58 Å². The number of allylic oxidation sites excluding steroid dienone is 3. The summed E-state index contributed by atoms with van der Waals surface area (Å²) in [6.07, 6.45) is 6.89. The lowest BCUT2D eigenvalue weighted by atomic mass is 9.68. The van der Waals surface area contributed by atoms with Crippen LogP contribution in [0.2, 0.25) is 0 Å². The van der Waals surface area contributed by atoms with Crippen molar-refractivity contribution in [1.29, 1.82) is 0 Å². The number of thioether (sulfide) groups is 1. The molecule has 130 valence electrons. The molecule has 23 heavy (non-hydrogen) atoms. The molecule has 0 N–H and O–H groups in total. The number of ketones is 1. The minimum absolute atomic E-state index is 0.0915. The molecule has 0 aliphatic heterocycles. The van der Waals surface area contributed by atoms with Crippen molar-refractivity contribution < 1.29 is 9.59 Å². The normalized spacial score (nSPS) is 26.7. The third-order valence-electron chi connectivity index (χ3n) is 4.63. The molecule has 0 bridgehead atoms. The molecule has 0 unspecified atom stereocenters. The molecule has 0 spiro atoms. The lowest BCUT2D eigenvalue weighted by Gasteiger charge is -2.35. The summed E-state index contributed by atoms with van der Waals surface area (Å²) in [6.45, 7) is 16.2. The summed E-state index contributed by atoms with van der Waals surface area (Å²) in [5.74, 6) is 0.320. The van der Waals surface area contributed by atoms with Crippen LogP contribution in [0, 0.1) is 17.3 Å². The highest BCUT2D eigenvalue weighted by Crippen LogP contribution is 2.50. The zero-order valence-electron chi connectivity index (χ0n) is 15.6. The van der Waals surface area contributed by atoms with Gasteiger partial charge in [-0.1, -0.05) is 57.2 Å². The third kappa shape index (κ3) is 5.34. The largest absolute Gasteiger partial charge is 0.299 e. The van der Waals surface area contributed by atoms with E-state index >= 15 is 0 Å². The Bertz CT molecular complexity index is 498. The van der Waals surface area contributed by atoms with Crippen molar-refractivity contribution in [2.24, 2.45) is 17.3 Å². The number of rotatable bonds is 6. The number of carbonyl (C=O) groups excluding carboxylic acids is 2. The Morgan fingerprint density at radius 1 is 1.48 bits per heavy atom. The van der Waals surface area contributed by atoms with Crippen LogP contribution in [0.4, 0.5) is 0 Å². The molecule has 0 saturated heterocycles. The van der Waals surface area contributed by atoms with Gasteiger partial charge < -0.3 is 0 Å². The van der Waals surface area contributed by atoms with Crippen molar-refractivity contribution in [1.82, 2.24) is 0 Å². The van der Waals surface area contributed by atoms with Crippen molar-refractivity contribution in [3.63, 3.8) is 0 Å². The van der Waals surface area contributed by atoms with Gasteiger partial charge in [0.1, 0.15) is 5.78 Å². The highest BCUT2D eigenvalue weighted by molar-refractivity contribution is 8.14. The van der Waals surface area contributed by atoms with E-state index in [1.54, 1.807) is 0 Å². The van der Waals surface area contributed by atoms with E-state index in [4.69, 9.17) is 0 Å². The Kier molecular flexibility index (Phi) is 6.88. The van der Waals surface area contributed by atoms with E-state index in [1.807, 2.05) is 26.8 Å². The van der Waals surface area contributed by atoms with Gasteiger partial charge in [-0.05, 0) is 39.0 Å². The van der Waals surface area contributed by atoms with E-state index in [0.717, 1.165) is 18.4 Å². The second-order valence-electron chi connectivity index (χ2n) is 8.06. The van der Waals surface area contributed by atoms with Crippen molar-refractivity contribution in [3.8, 4) is 0 Å². The first-order valence-electron chi connectivity index (χ1n) is 8.53. The molecule has 0 amide bonds. The maximum atomic E-state index is 12.9. The number of carbonyl (C=O) groups is 2. The zero-order valence-corrected chi connectivity index (χ0v) is 16.4. The van der Waals surface area contributed by atoms with Crippen LogP contribution in [0.15, 0.2) is 24.3 Å². The van der Waals surface area contributed by atoms with Crippen LogP contribution >= 0.6 is 11.8 Å². The molecule has 1 rings (SSSR count). The van der Waals surface area contributed by atoms with Crippen molar-refractivity contribution in [2.75, 3.05) is 0 Å². The maximum Gasteiger partial charge on any atom is 0.193 e. The topological polar surface area (TPSA) is 34.1 Å². The average molecular weight is 337 g/mol. The predicted molar refractivity (Wildman–Crippen MR) is 101 cm³/mol. The minimum atomic E-state index is -0.438. The van der Waals surface area contributed by atoms with Crippen LogP contribution in [0.3, 0.4) is 0 Å². The number of hydrogen-bond acceptors (Lipinski definition) is 3. The Morgan fingerprint density at radius 3 is 2.57 bits per heavy atom. The molecule has 1 aliphatic rings. The fourth-order valence-electron chi connectivity index (χ4n) is 3.68. The molecule has 0 aromatic carbocycles. The Balaban J connectivity index is 3.11. The summed E-state index contributed by atoms with van der Waals surface area (Å²) < 4.78 is -0.0986. The highest BCUT2D eigenvalue weighted by Gasteiger charge is 2.50. The molecule has 0 aromatic heterocycles. The summed E-state index contributed by atoms with van der Waals surface area (Å²) in [4.78, 5) is 25.5. The van der Waals surface area contributed by atoms with Crippen molar-refractivity contribution in [2.45, 2.75) is 72.0 Å². The molecule has 2 nitrogen and oxygen atoms in total. The highest BCUT2D eigenvalue weighted by atomic mass is 32.2. The summed E-state index contributed by atoms with van der Waals surface area (Å²) in [7, 11) is 0. The number of hydrogen-bond donors (Lipinski definition) is 0. The molecular formula is C20H32O2S. The van der Waals surface area contributed by atoms with Gasteiger partial charge in [-0.2, -0.15) is 0 Å². The quantitative estimate of drug-likeness (QED) is 0.594. The van der Waals surface area contributed by atoms with Gasteiger partial charge in [0.2, 0.25) is 0 Å². The average Bonchev–Trinajstić information content (AvgIpc) is 2.64. The molecule has 3 heteroatoms. The first kappa shape index (κ1) is 20.2. The van der Waals surface area contributed by atoms with Gasteiger partial charge in [0.05, 0.1) is 0 Å². The summed E-state index contributed by atoms with van der Waals surface area (Å²) >= 11 is 1.42. The standard InChI is InChI=1S/C20H32O2S/c1-8-9-10-15(18(22)23-19(4,5)6)16-11-12-17(21)20(16,7)13-14(2)3/h8-9,15-16H,2,10-13H2,1,3-7H3/b9-8-/t15-,16-,20-/m1/s1. The lowest BCUT2D eigenvalue weighted by Crippen LogP contribution is -2.37. The first-order chi connectivity index (χ1) is 10.5. The molecule has 1 aliphatic carbocycles. The van der Waals surface area contributed by atoms with Crippen LogP contribution in [-0.2, 0) is 9.59 Å². The van der Waals surface area contributed by atoms with Gasteiger partial charge >= 0.3 is 0 Å². The molecular weight excluding hydrogens is 304 g/mol. The van der Waals surface area contributed by atoms with Gasteiger partial charge in [-0.3, -0.25) is 9.59 Å². The summed E-state index contributed by atoms with van der Waals surface area (Å²) in [5.41, 5.74) is 0.583. The van der Waals surface area contributed by atoms with E-state index in [9.17, 15) is 9.59 Å². The van der Waals surface area contributed by atoms with E-state index < -0.39 is 5.41 Å². The third-order valence-corrected chi connectivity index (χ3v) is 5.74. The smallest absolute Gasteiger partial charge is 0.193 e. The number of Topliss-reactive ketones (excluding diaryl/α,β-unsaturated/α-hetero) is 1. The fraction of sp³-hybridized carbons (Fsp3) is 0.700. The summed E-state index contributed by atoms with van der Waals surface area (Å²) in [5, 5.41) is 0.225. The van der Waals surface area contributed by atoms with Crippen molar-refractivity contribution >= 4 is 22.7 Å². The fourth-order valence-corrected chi connectivity index (χ4v) is 4.70. The van der Waals surface area contributed by atoms with Crippen molar-refractivity contribution in [3.05, 3.63) is 24.3 Å². The monoisotopic (exact) mass is 336 g/mol. The molecule has 0 radical (unpaired) electrons. The Morgan fingerprint density at radius 2 is 2.09 bits per heavy atom. The van der Waals surface area contributed by atoms with Gasteiger partial charge in [0.15, 0.2) is 5.12 Å². The van der Waals surface area contributed by atoms with Crippen LogP contribution in [0.25, 0.3) is 0 Å². The second kappa shape index (κ2) is 7.83. The predicted octanol–water partition coefficient (Wildman–Crippen LogP) is 5.58. The van der Waals surface area contributed by atoms with E-state index in [0.29, 0.717) is 18.6 Å². The second-order valence-corrected chi connectivity index (χ2v) is 9.90. The SMILES string of the molecule is C=C(C)C[C@@]1(C)C(=O)CC[C@@H]1[C@@H](C/C=C\C)C(=O)SC(C)(C)C. The van der Waals surface area contributed by atoms with Gasteiger partial charge in [0.25, 0.3) is 0 Å². The van der Waals surface area contributed by atoms with Crippen LogP contribution < -0.4 is 0 Å². The molecule has 1 saturated carbocycles. The van der Waals surface area contributed by atoms with Crippen LogP contribution in [0.5, 0.6) is 0 Å². The van der Waals surface area contributed by atoms with E-state index in [1.165, 1.54) is 11.8 Å². The molecule has 0 heterocycles. The van der Waals surface area contributed by atoms with Gasteiger partial charge in [0, 0.05) is 22.5 Å². The summed E-state index contributed by atoms with van der Waals surface area (Å²) in [6, 6.07) is 0. The van der Waals surface area contributed by atoms with E-state index in [-0.39, 0.29) is 21.7 Å². The Labute approximate surface area is 146 Å². The van der Waals surface area contributed by atoms with Crippen LogP contribution in [0.1, 0.15) is 67.2 Å². The Hall–Kier alpha value is -0.830. The molecule has 1 fully saturated rings. The maximum absolute atomic E-state index is 12.9. The zero-order chi connectivity index (χ0) is 17.8. The lowest BCUT2D eigenvalue weighted by molar-refractivity contribution is -0.128. The molecule has 3 atom stereocenters.